The van der Waals surface area contributed by atoms with Gasteiger partial charge in [0.15, 0.2) is 4.77 Å². The maximum Gasteiger partial charge on any atom is 0.263 e. The van der Waals surface area contributed by atoms with Crippen molar-refractivity contribution in [3.63, 3.8) is 0 Å². The first-order chi connectivity index (χ1) is 10.1. The third-order valence-corrected chi connectivity index (χ3v) is 5.73. The van der Waals surface area contributed by atoms with Crippen LogP contribution in [0, 0.1) is 18.6 Å². The summed E-state index contributed by atoms with van der Waals surface area (Å²) < 4.78 is 7.97. The topological polar surface area (TPSA) is 47.0 Å². The Morgan fingerprint density at radius 2 is 2.10 bits per heavy atom. The Labute approximate surface area is 132 Å². The zero-order valence-corrected chi connectivity index (χ0v) is 14.0. The number of H-pyrrole nitrogens is 1. The standard InChI is InChI=1S/C15H20N2O2S2/c1-9-10(2)21-13-12(9)14(18)17(15(20)16-13)7-8-19-11-5-3-4-6-11/h11H,3-8H2,1-2H3,(H,16,20). The van der Waals surface area contributed by atoms with Gasteiger partial charge in [0.1, 0.15) is 4.83 Å². The fraction of sp³-hybridized carbons (Fsp3) is 0.600. The molecule has 0 unspecified atom stereocenters. The first kappa shape index (κ1) is 14.9. The van der Waals surface area contributed by atoms with Crippen molar-refractivity contribution >= 4 is 33.8 Å². The first-order valence-corrected chi connectivity index (χ1v) is 8.65. The van der Waals surface area contributed by atoms with Crippen molar-refractivity contribution in [2.45, 2.75) is 52.2 Å². The second-order valence-electron chi connectivity index (χ2n) is 5.65. The molecule has 2 aromatic rings. The zero-order chi connectivity index (χ0) is 15.0. The van der Waals surface area contributed by atoms with Crippen molar-refractivity contribution in [1.29, 1.82) is 0 Å². The van der Waals surface area contributed by atoms with Crippen LogP contribution < -0.4 is 5.56 Å². The van der Waals surface area contributed by atoms with Crippen molar-refractivity contribution in [2.24, 2.45) is 0 Å². The predicted octanol–water partition coefficient (Wildman–Crippen LogP) is 3.70. The van der Waals surface area contributed by atoms with E-state index in [4.69, 9.17) is 17.0 Å². The largest absolute Gasteiger partial charge is 0.376 e. The smallest absolute Gasteiger partial charge is 0.263 e. The zero-order valence-electron chi connectivity index (χ0n) is 12.4. The summed E-state index contributed by atoms with van der Waals surface area (Å²) in [5.74, 6) is 0. The number of hydrogen-bond donors (Lipinski definition) is 1. The molecule has 2 aromatic heterocycles. The molecule has 0 radical (unpaired) electrons. The van der Waals surface area contributed by atoms with Crippen molar-refractivity contribution in [3.8, 4) is 0 Å². The molecule has 0 saturated heterocycles. The quantitative estimate of drug-likeness (QED) is 0.872. The van der Waals surface area contributed by atoms with Gasteiger partial charge in [-0.05, 0) is 44.5 Å². The van der Waals surface area contributed by atoms with Crippen LogP contribution in [-0.2, 0) is 11.3 Å². The summed E-state index contributed by atoms with van der Waals surface area (Å²) in [5.41, 5.74) is 1.06. The van der Waals surface area contributed by atoms with Gasteiger partial charge in [-0.1, -0.05) is 12.8 Å². The molecule has 1 aliphatic rings. The monoisotopic (exact) mass is 324 g/mol. The maximum atomic E-state index is 12.6. The Hall–Kier alpha value is -0.980. The van der Waals surface area contributed by atoms with E-state index in [1.54, 1.807) is 15.9 Å². The molecule has 0 bridgehead atoms. The molecule has 0 aromatic carbocycles. The van der Waals surface area contributed by atoms with Crippen LogP contribution in [-0.4, -0.2) is 22.3 Å². The number of aromatic amines is 1. The van der Waals surface area contributed by atoms with E-state index in [-0.39, 0.29) is 5.56 Å². The summed E-state index contributed by atoms with van der Waals surface area (Å²) in [6, 6.07) is 0. The van der Waals surface area contributed by atoms with E-state index in [0.717, 1.165) is 33.5 Å². The molecule has 114 valence electrons. The Bertz CT molecular complexity index is 766. The molecule has 1 saturated carbocycles. The van der Waals surface area contributed by atoms with Gasteiger partial charge in [-0.2, -0.15) is 0 Å². The second kappa shape index (κ2) is 6.02. The maximum absolute atomic E-state index is 12.6. The summed E-state index contributed by atoms with van der Waals surface area (Å²) in [5, 5.41) is 0.770. The van der Waals surface area contributed by atoms with Crippen LogP contribution in [0.15, 0.2) is 4.79 Å². The number of thiophene rings is 1. The minimum Gasteiger partial charge on any atom is -0.376 e. The third-order valence-electron chi connectivity index (χ3n) is 4.28. The van der Waals surface area contributed by atoms with Crippen LogP contribution in [0.1, 0.15) is 36.1 Å². The predicted molar refractivity (Wildman–Crippen MR) is 89.0 cm³/mol. The number of ether oxygens (including phenoxy) is 1. The lowest BCUT2D eigenvalue weighted by molar-refractivity contribution is 0.0523. The molecule has 0 atom stereocenters. The molecule has 0 spiro atoms. The van der Waals surface area contributed by atoms with Gasteiger partial charge >= 0.3 is 0 Å². The number of aryl methyl sites for hydroxylation is 2. The average molecular weight is 324 g/mol. The van der Waals surface area contributed by atoms with E-state index in [0.29, 0.717) is 24.0 Å². The minimum absolute atomic E-state index is 0.00521. The number of hydrogen-bond acceptors (Lipinski definition) is 4. The van der Waals surface area contributed by atoms with Gasteiger partial charge in [0.25, 0.3) is 5.56 Å². The van der Waals surface area contributed by atoms with Crippen LogP contribution in [0.2, 0.25) is 0 Å². The highest BCUT2D eigenvalue weighted by Crippen LogP contribution is 2.25. The summed E-state index contributed by atoms with van der Waals surface area (Å²) in [6.45, 7) is 5.10. The number of nitrogens with one attached hydrogen (secondary N) is 1. The number of nitrogens with zero attached hydrogens (tertiary/aromatic N) is 1. The van der Waals surface area contributed by atoms with E-state index < -0.39 is 0 Å². The molecule has 3 rings (SSSR count). The van der Waals surface area contributed by atoms with Gasteiger partial charge in [-0.25, -0.2) is 0 Å². The Balaban J connectivity index is 1.86. The van der Waals surface area contributed by atoms with Crippen LogP contribution in [0.4, 0.5) is 0 Å². The summed E-state index contributed by atoms with van der Waals surface area (Å²) in [4.78, 5) is 17.9. The van der Waals surface area contributed by atoms with Crippen molar-refractivity contribution in [2.75, 3.05) is 6.61 Å². The van der Waals surface area contributed by atoms with E-state index in [1.165, 1.54) is 12.8 Å². The van der Waals surface area contributed by atoms with E-state index >= 15 is 0 Å². The van der Waals surface area contributed by atoms with E-state index in [1.807, 2.05) is 13.8 Å². The Morgan fingerprint density at radius 3 is 2.81 bits per heavy atom. The van der Waals surface area contributed by atoms with Crippen molar-refractivity contribution in [1.82, 2.24) is 9.55 Å². The fourth-order valence-corrected chi connectivity index (χ4v) is 4.33. The van der Waals surface area contributed by atoms with Gasteiger partial charge in [0, 0.05) is 4.88 Å². The molecule has 0 aliphatic heterocycles. The molecular weight excluding hydrogens is 304 g/mol. The van der Waals surface area contributed by atoms with Gasteiger partial charge in [0.2, 0.25) is 0 Å². The molecule has 4 nitrogen and oxygen atoms in total. The van der Waals surface area contributed by atoms with E-state index in [2.05, 4.69) is 4.98 Å². The third kappa shape index (κ3) is 2.84. The van der Waals surface area contributed by atoms with Crippen LogP contribution in [0.3, 0.4) is 0 Å². The molecule has 6 heteroatoms. The Kier molecular flexibility index (Phi) is 4.28. The molecule has 1 aliphatic carbocycles. The number of aromatic nitrogens is 2. The van der Waals surface area contributed by atoms with Crippen LogP contribution in [0.5, 0.6) is 0 Å². The summed E-state index contributed by atoms with van der Waals surface area (Å²) in [6.07, 6.45) is 5.16. The molecule has 0 amide bonds. The number of rotatable bonds is 4. The van der Waals surface area contributed by atoms with Gasteiger partial charge in [-0.3, -0.25) is 9.36 Å². The Morgan fingerprint density at radius 1 is 1.38 bits per heavy atom. The van der Waals surface area contributed by atoms with Crippen molar-refractivity contribution < 1.29 is 4.74 Å². The van der Waals surface area contributed by atoms with Crippen molar-refractivity contribution in [3.05, 3.63) is 25.6 Å². The van der Waals surface area contributed by atoms with Crippen LogP contribution in [0.25, 0.3) is 10.2 Å². The normalized spacial score (nSPS) is 16.1. The van der Waals surface area contributed by atoms with E-state index in [9.17, 15) is 4.79 Å². The highest BCUT2D eigenvalue weighted by atomic mass is 32.1. The molecule has 21 heavy (non-hydrogen) atoms. The lowest BCUT2D eigenvalue weighted by Gasteiger charge is -2.12. The van der Waals surface area contributed by atoms with Gasteiger partial charge in [-0.15, -0.1) is 11.3 Å². The highest BCUT2D eigenvalue weighted by molar-refractivity contribution is 7.71. The molecule has 1 fully saturated rings. The minimum atomic E-state index is 0.00521. The first-order valence-electron chi connectivity index (χ1n) is 7.42. The molecule has 2 heterocycles. The highest BCUT2D eigenvalue weighted by Gasteiger charge is 2.16. The lowest BCUT2D eigenvalue weighted by atomic mass is 10.2. The lowest BCUT2D eigenvalue weighted by Crippen LogP contribution is -2.25. The fourth-order valence-electron chi connectivity index (χ4n) is 2.93. The molecule has 1 N–H and O–H groups in total. The summed E-state index contributed by atoms with van der Waals surface area (Å²) >= 11 is 6.92. The van der Waals surface area contributed by atoms with Crippen LogP contribution >= 0.6 is 23.6 Å². The number of fused-ring (bicyclic) bond motifs is 1. The molecular formula is C15H20N2O2S2. The van der Waals surface area contributed by atoms with Gasteiger partial charge in [0.05, 0.1) is 24.6 Å². The second-order valence-corrected chi connectivity index (χ2v) is 7.26. The summed E-state index contributed by atoms with van der Waals surface area (Å²) in [7, 11) is 0. The van der Waals surface area contributed by atoms with Gasteiger partial charge < -0.3 is 9.72 Å². The average Bonchev–Trinajstić information content (AvgIpc) is 3.03. The SMILES string of the molecule is Cc1sc2[nH]c(=S)n(CCOC3CCCC3)c(=O)c2c1C.